The summed E-state index contributed by atoms with van der Waals surface area (Å²) in [5, 5.41) is 20.4. The summed E-state index contributed by atoms with van der Waals surface area (Å²) in [5.41, 5.74) is 2.14. The van der Waals surface area contributed by atoms with Crippen molar-refractivity contribution in [3.05, 3.63) is 70.8 Å². The highest BCUT2D eigenvalue weighted by atomic mass is 16.5. The second-order valence-electron chi connectivity index (χ2n) is 6.44. The second kappa shape index (κ2) is 7.63. The Morgan fingerprint density at radius 3 is 2.30 bits per heavy atom. The molecule has 27 heavy (non-hydrogen) atoms. The number of rotatable bonds is 5. The van der Waals surface area contributed by atoms with Gasteiger partial charge < -0.3 is 19.8 Å². The molecule has 6 nitrogen and oxygen atoms in total. The number of amides is 1. The minimum absolute atomic E-state index is 0.0330. The number of phenolic OH excluding ortho intramolecular Hbond substituents is 1. The molecule has 2 N–H and O–H groups in total. The maximum Gasteiger partial charge on any atom is 0.295 e. The first-order valence-electron chi connectivity index (χ1n) is 8.57. The van der Waals surface area contributed by atoms with E-state index in [2.05, 4.69) is 0 Å². The molecule has 1 atom stereocenters. The third kappa shape index (κ3) is 3.57. The Hall–Kier alpha value is -3.12. The van der Waals surface area contributed by atoms with Gasteiger partial charge in [-0.25, -0.2) is 0 Å². The average molecular weight is 367 g/mol. The fourth-order valence-electron chi connectivity index (χ4n) is 3.17. The van der Waals surface area contributed by atoms with Crippen molar-refractivity contribution in [1.82, 2.24) is 4.90 Å². The molecule has 0 spiro atoms. The summed E-state index contributed by atoms with van der Waals surface area (Å²) in [6.45, 7) is 2.38. The molecule has 6 heteroatoms. The third-order valence-electron chi connectivity index (χ3n) is 4.61. The maximum atomic E-state index is 12.7. The van der Waals surface area contributed by atoms with E-state index in [0.29, 0.717) is 11.1 Å². The average Bonchev–Trinajstić information content (AvgIpc) is 2.91. The molecule has 0 aromatic heterocycles. The van der Waals surface area contributed by atoms with Crippen LogP contribution in [0.5, 0.6) is 5.75 Å². The van der Waals surface area contributed by atoms with Gasteiger partial charge in [0, 0.05) is 19.2 Å². The van der Waals surface area contributed by atoms with Crippen molar-refractivity contribution in [1.29, 1.82) is 0 Å². The molecule has 2 aromatic carbocycles. The van der Waals surface area contributed by atoms with Crippen molar-refractivity contribution in [2.45, 2.75) is 13.0 Å². The molecule has 1 heterocycles. The van der Waals surface area contributed by atoms with E-state index >= 15 is 0 Å². The first kappa shape index (κ1) is 18.7. The number of ketones is 1. The van der Waals surface area contributed by atoms with Crippen molar-refractivity contribution in [2.24, 2.45) is 0 Å². The number of methoxy groups -OCH3 is 1. The van der Waals surface area contributed by atoms with Gasteiger partial charge in [-0.05, 0) is 24.6 Å². The SMILES string of the molecule is COCCN1C(=O)C(=O)/C(=C(/O)c2ccc(C)cc2)[C@H]1c1ccc(O)cc1. The van der Waals surface area contributed by atoms with Crippen molar-refractivity contribution in [3.8, 4) is 5.75 Å². The molecule has 0 bridgehead atoms. The van der Waals surface area contributed by atoms with Crippen LogP contribution in [0.25, 0.3) is 5.76 Å². The first-order valence-corrected chi connectivity index (χ1v) is 8.57. The number of phenols is 1. The Kier molecular flexibility index (Phi) is 5.28. The normalized spacial score (nSPS) is 18.9. The van der Waals surface area contributed by atoms with Crippen LogP contribution in [0.1, 0.15) is 22.7 Å². The van der Waals surface area contributed by atoms with Crippen LogP contribution in [0.15, 0.2) is 54.1 Å². The molecule has 3 rings (SSSR count). The molecule has 1 fully saturated rings. The number of nitrogens with zero attached hydrogens (tertiary/aromatic N) is 1. The number of aromatic hydroxyl groups is 1. The fourth-order valence-corrected chi connectivity index (χ4v) is 3.17. The highest BCUT2D eigenvalue weighted by Gasteiger charge is 2.45. The lowest BCUT2D eigenvalue weighted by atomic mass is 9.95. The second-order valence-corrected chi connectivity index (χ2v) is 6.44. The molecular weight excluding hydrogens is 346 g/mol. The van der Waals surface area contributed by atoms with Crippen molar-refractivity contribution < 1.29 is 24.5 Å². The summed E-state index contributed by atoms with van der Waals surface area (Å²) in [6.07, 6.45) is 0. The van der Waals surface area contributed by atoms with E-state index in [1.807, 2.05) is 19.1 Å². The van der Waals surface area contributed by atoms with Gasteiger partial charge in [-0.2, -0.15) is 0 Å². The van der Waals surface area contributed by atoms with Crippen LogP contribution in [0.3, 0.4) is 0 Å². The van der Waals surface area contributed by atoms with Crippen molar-refractivity contribution in [2.75, 3.05) is 20.3 Å². The number of carbonyl (C=O) groups is 2. The molecule has 0 aliphatic carbocycles. The highest BCUT2D eigenvalue weighted by Crippen LogP contribution is 2.39. The number of likely N-dealkylation sites (tertiary alicyclic amines) is 1. The standard InChI is InChI=1S/C21H21NO5/c1-13-3-5-15(6-4-13)19(24)17-18(14-7-9-16(23)10-8-14)22(11-12-27-2)21(26)20(17)25/h3-10,18,23-24H,11-12H2,1-2H3/b19-17+/t18-/m1/s1. The molecule has 1 amide bonds. The molecule has 0 unspecified atom stereocenters. The molecular formula is C21H21NO5. The summed E-state index contributed by atoms with van der Waals surface area (Å²) in [7, 11) is 1.51. The van der Waals surface area contributed by atoms with E-state index < -0.39 is 17.7 Å². The van der Waals surface area contributed by atoms with Gasteiger partial charge >= 0.3 is 0 Å². The molecule has 1 saturated heterocycles. The van der Waals surface area contributed by atoms with E-state index in [9.17, 15) is 19.8 Å². The number of Topliss-reactive ketones (excluding diaryl/α,β-unsaturated/α-hetero) is 1. The van der Waals surface area contributed by atoms with E-state index in [1.165, 1.54) is 24.1 Å². The van der Waals surface area contributed by atoms with Gasteiger partial charge in [-0.1, -0.05) is 42.0 Å². The molecule has 0 radical (unpaired) electrons. The van der Waals surface area contributed by atoms with Gasteiger partial charge in [0.2, 0.25) is 0 Å². The summed E-state index contributed by atoms with van der Waals surface area (Å²) >= 11 is 0. The number of aryl methyl sites for hydroxylation is 1. The molecule has 1 aliphatic heterocycles. The minimum Gasteiger partial charge on any atom is -0.508 e. The van der Waals surface area contributed by atoms with E-state index in [1.54, 1.807) is 24.3 Å². The Labute approximate surface area is 157 Å². The van der Waals surface area contributed by atoms with Gasteiger partial charge in [0.25, 0.3) is 11.7 Å². The zero-order valence-corrected chi connectivity index (χ0v) is 15.2. The smallest absolute Gasteiger partial charge is 0.295 e. The van der Waals surface area contributed by atoms with Crippen LogP contribution in [0.2, 0.25) is 0 Å². The summed E-state index contributed by atoms with van der Waals surface area (Å²) < 4.78 is 5.06. The third-order valence-corrected chi connectivity index (χ3v) is 4.61. The van der Waals surface area contributed by atoms with Crippen LogP contribution in [-0.2, 0) is 14.3 Å². The number of benzene rings is 2. The van der Waals surface area contributed by atoms with E-state index in [-0.39, 0.29) is 30.2 Å². The van der Waals surface area contributed by atoms with E-state index in [4.69, 9.17) is 4.74 Å². The fraction of sp³-hybridized carbons (Fsp3) is 0.238. The maximum absolute atomic E-state index is 12.7. The predicted molar refractivity (Wildman–Crippen MR) is 100 cm³/mol. The zero-order chi connectivity index (χ0) is 19.6. The Morgan fingerprint density at radius 1 is 1.07 bits per heavy atom. The number of hydrogen-bond acceptors (Lipinski definition) is 5. The molecule has 2 aromatic rings. The van der Waals surface area contributed by atoms with Gasteiger partial charge in [-0.15, -0.1) is 0 Å². The van der Waals surface area contributed by atoms with E-state index in [0.717, 1.165) is 5.56 Å². The predicted octanol–water partition coefficient (Wildman–Crippen LogP) is 2.77. The molecule has 1 aliphatic rings. The quantitative estimate of drug-likeness (QED) is 0.482. The monoisotopic (exact) mass is 367 g/mol. The molecule has 0 saturated carbocycles. The number of ether oxygens (including phenoxy) is 1. The Morgan fingerprint density at radius 2 is 1.70 bits per heavy atom. The number of aliphatic hydroxyl groups is 1. The lowest BCUT2D eigenvalue weighted by Gasteiger charge is -2.25. The summed E-state index contributed by atoms with van der Waals surface area (Å²) in [4.78, 5) is 26.7. The highest BCUT2D eigenvalue weighted by molar-refractivity contribution is 6.46. The first-order chi connectivity index (χ1) is 12.9. The van der Waals surface area contributed by atoms with Crippen LogP contribution < -0.4 is 0 Å². The summed E-state index contributed by atoms with van der Waals surface area (Å²) in [5.74, 6) is -1.56. The summed E-state index contributed by atoms with van der Waals surface area (Å²) in [6, 6.07) is 12.6. The van der Waals surface area contributed by atoms with Crippen LogP contribution >= 0.6 is 0 Å². The Bertz CT molecular complexity index is 884. The van der Waals surface area contributed by atoms with Crippen molar-refractivity contribution >= 4 is 17.4 Å². The van der Waals surface area contributed by atoms with Gasteiger partial charge in [0.05, 0.1) is 18.2 Å². The van der Waals surface area contributed by atoms with Crippen molar-refractivity contribution in [3.63, 3.8) is 0 Å². The lowest BCUT2D eigenvalue weighted by molar-refractivity contribution is -0.140. The van der Waals surface area contributed by atoms with Gasteiger partial charge in [0.15, 0.2) is 0 Å². The number of carbonyl (C=O) groups excluding carboxylic acids is 2. The van der Waals surface area contributed by atoms with Gasteiger partial charge in [-0.3, -0.25) is 9.59 Å². The Balaban J connectivity index is 2.14. The largest absolute Gasteiger partial charge is 0.508 e. The topological polar surface area (TPSA) is 87.1 Å². The number of aliphatic hydroxyl groups excluding tert-OH is 1. The van der Waals surface area contributed by atoms with Crippen LogP contribution in [0, 0.1) is 6.92 Å². The van der Waals surface area contributed by atoms with Crippen LogP contribution in [-0.4, -0.2) is 47.1 Å². The molecule has 140 valence electrons. The van der Waals surface area contributed by atoms with Crippen LogP contribution in [0.4, 0.5) is 0 Å². The zero-order valence-electron chi connectivity index (χ0n) is 15.2. The minimum atomic E-state index is -0.748. The lowest BCUT2D eigenvalue weighted by Crippen LogP contribution is -2.32. The number of hydrogen-bond donors (Lipinski definition) is 2. The van der Waals surface area contributed by atoms with Gasteiger partial charge in [0.1, 0.15) is 11.5 Å².